The van der Waals surface area contributed by atoms with Gasteiger partial charge in [-0.3, -0.25) is 19.3 Å². The van der Waals surface area contributed by atoms with Gasteiger partial charge in [0.25, 0.3) is 17.7 Å². The molecule has 0 unspecified atom stereocenters. The molecule has 1 aliphatic heterocycles. The van der Waals surface area contributed by atoms with Crippen LogP contribution in [0.25, 0.3) is 10.8 Å². The minimum Gasteiger partial charge on any atom is -0.454 e. The lowest BCUT2D eigenvalue weighted by Crippen LogP contribution is -2.46. The van der Waals surface area contributed by atoms with Gasteiger partial charge in [-0.25, -0.2) is 4.79 Å². The molecule has 1 heterocycles. The molecule has 3 amide bonds. The van der Waals surface area contributed by atoms with Crippen LogP contribution in [-0.4, -0.2) is 41.2 Å². The molecule has 0 aromatic heterocycles. The van der Waals surface area contributed by atoms with Crippen molar-refractivity contribution in [3.63, 3.8) is 0 Å². The first-order chi connectivity index (χ1) is 17.7. The molecule has 11 heteroatoms. The van der Waals surface area contributed by atoms with E-state index in [0.717, 1.165) is 15.7 Å². The van der Waals surface area contributed by atoms with E-state index in [2.05, 4.69) is 5.32 Å². The smallest absolute Gasteiger partial charge is 0.329 e. The molecule has 1 N–H and O–H groups in total. The quantitative estimate of drug-likeness (QED) is 0.137. The Morgan fingerprint density at radius 3 is 2.11 bits per heavy atom. The van der Waals surface area contributed by atoms with Crippen LogP contribution in [0, 0.1) is 0 Å². The maximum Gasteiger partial charge on any atom is 0.329 e. The Labute approximate surface area is 232 Å². The molecule has 0 radical (unpaired) electrons. The Kier molecular flexibility index (Phi) is 8.29. The van der Waals surface area contributed by atoms with Gasteiger partial charge >= 0.3 is 5.97 Å². The maximum absolute atomic E-state index is 13.2. The van der Waals surface area contributed by atoms with Gasteiger partial charge in [-0.1, -0.05) is 103 Å². The second kappa shape index (κ2) is 11.3. The number of imide groups is 1. The van der Waals surface area contributed by atoms with Crippen LogP contribution in [0.5, 0.6) is 0 Å². The highest BCUT2D eigenvalue weighted by Crippen LogP contribution is 2.45. The number of halogens is 4. The van der Waals surface area contributed by atoms with E-state index in [-0.39, 0.29) is 37.6 Å². The molecule has 0 spiro atoms. The summed E-state index contributed by atoms with van der Waals surface area (Å²) >= 11 is 24.6. The van der Waals surface area contributed by atoms with Crippen molar-refractivity contribution in [2.24, 2.45) is 0 Å². The molecule has 0 bridgehead atoms. The summed E-state index contributed by atoms with van der Waals surface area (Å²) in [5, 5.41) is 3.66. The number of benzene rings is 3. The monoisotopic (exact) mass is 580 g/mol. The number of ether oxygens (including phenoxy) is 1. The molecule has 192 valence electrons. The summed E-state index contributed by atoms with van der Waals surface area (Å²) in [7, 11) is 0. The molecule has 1 atom stereocenters. The third kappa shape index (κ3) is 5.14. The standard InChI is InChI=1S/C26H20Cl4N2O5/c1-2-3-11-16(32-24(34)18-19(25(32)35)21(28)23(30)22(29)20(18)27)26(36)37-12-17(33)31-15-10-6-8-13-7-4-5-9-14(13)15/h4-10,16H,2-3,11-12H2,1H3,(H,31,33)/t16-/m0/s1. The molecule has 0 aliphatic carbocycles. The van der Waals surface area contributed by atoms with Gasteiger partial charge in [0.1, 0.15) is 6.04 Å². The third-order valence-electron chi connectivity index (χ3n) is 5.96. The summed E-state index contributed by atoms with van der Waals surface area (Å²) in [6, 6.07) is 11.6. The zero-order valence-corrected chi connectivity index (χ0v) is 22.5. The minimum absolute atomic E-state index is 0.114. The second-order valence-electron chi connectivity index (χ2n) is 8.33. The largest absolute Gasteiger partial charge is 0.454 e. The number of anilines is 1. The van der Waals surface area contributed by atoms with Gasteiger partial charge in [0.05, 0.1) is 31.2 Å². The molecule has 7 nitrogen and oxygen atoms in total. The predicted molar refractivity (Wildman–Crippen MR) is 144 cm³/mol. The molecule has 0 fully saturated rings. The van der Waals surface area contributed by atoms with E-state index in [9.17, 15) is 19.2 Å². The molecule has 0 saturated heterocycles. The third-order valence-corrected chi connectivity index (χ3v) is 7.76. The normalized spacial score (nSPS) is 13.6. The maximum atomic E-state index is 13.2. The number of hydrogen-bond acceptors (Lipinski definition) is 5. The Hall–Kier alpha value is -2.84. The highest BCUT2D eigenvalue weighted by Gasteiger charge is 2.47. The van der Waals surface area contributed by atoms with Crippen LogP contribution >= 0.6 is 46.4 Å². The number of rotatable bonds is 8. The Bertz CT molecular complexity index is 1390. The van der Waals surface area contributed by atoms with Crippen LogP contribution in [0.15, 0.2) is 42.5 Å². The molecule has 3 aromatic rings. The van der Waals surface area contributed by atoms with E-state index in [1.165, 1.54) is 0 Å². The highest BCUT2D eigenvalue weighted by molar-refractivity contribution is 6.55. The van der Waals surface area contributed by atoms with Gasteiger partial charge in [0.15, 0.2) is 6.61 Å². The fraction of sp³-hybridized carbons (Fsp3) is 0.231. The fourth-order valence-corrected chi connectivity index (χ4v) is 5.17. The van der Waals surface area contributed by atoms with Crippen LogP contribution in [0.2, 0.25) is 20.1 Å². The van der Waals surface area contributed by atoms with E-state index in [1.54, 1.807) is 12.1 Å². The second-order valence-corrected chi connectivity index (χ2v) is 9.84. The van der Waals surface area contributed by atoms with Crippen molar-refractivity contribution in [1.29, 1.82) is 0 Å². The topological polar surface area (TPSA) is 92.8 Å². The molecule has 37 heavy (non-hydrogen) atoms. The lowest BCUT2D eigenvalue weighted by atomic mass is 10.1. The first-order valence-electron chi connectivity index (χ1n) is 11.3. The fourth-order valence-electron chi connectivity index (χ4n) is 4.15. The van der Waals surface area contributed by atoms with Crippen molar-refractivity contribution < 1.29 is 23.9 Å². The van der Waals surface area contributed by atoms with Crippen LogP contribution in [0.3, 0.4) is 0 Å². The van der Waals surface area contributed by atoms with Crippen molar-refractivity contribution in [3.8, 4) is 0 Å². The number of esters is 1. The number of nitrogens with one attached hydrogen (secondary N) is 1. The summed E-state index contributed by atoms with van der Waals surface area (Å²) in [4.78, 5) is 52.9. The lowest BCUT2D eigenvalue weighted by Gasteiger charge is -2.24. The van der Waals surface area contributed by atoms with Gasteiger partial charge in [0, 0.05) is 11.1 Å². The van der Waals surface area contributed by atoms with Crippen molar-refractivity contribution >= 4 is 86.6 Å². The Balaban J connectivity index is 1.53. The van der Waals surface area contributed by atoms with Crippen molar-refractivity contribution in [2.45, 2.75) is 32.2 Å². The predicted octanol–water partition coefficient (Wildman–Crippen LogP) is 6.79. The van der Waals surface area contributed by atoms with Crippen molar-refractivity contribution in [3.05, 3.63) is 73.7 Å². The van der Waals surface area contributed by atoms with Crippen molar-refractivity contribution in [2.75, 3.05) is 11.9 Å². The summed E-state index contributed by atoms with van der Waals surface area (Å²) in [6.07, 6.45) is 1.29. The van der Waals surface area contributed by atoms with Crippen LogP contribution in [0.1, 0.15) is 46.9 Å². The van der Waals surface area contributed by atoms with Crippen molar-refractivity contribution in [1.82, 2.24) is 4.90 Å². The summed E-state index contributed by atoms with van der Waals surface area (Å²) in [5.74, 6) is -3.18. The number of carbonyl (C=O) groups excluding carboxylic acids is 4. The number of amides is 3. The number of fused-ring (bicyclic) bond motifs is 2. The van der Waals surface area contributed by atoms with Gasteiger partial charge in [-0.05, 0) is 17.9 Å². The summed E-state index contributed by atoms with van der Waals surface area (Å²) in [5.41, 5.74) is 0.100. The molecular weight excluding hydrogens is 562 g/mol. The number of hydrogen-bond donors (Lipinski definition) is 1. The summed E-state index contributed by atoms with van der Waals surface area (Å²) < 4.78 is 5.25. The highest BCUT2D eigenvalue weighted by atomic mass is 35.5. The zero-order valence-electron chi connectivity index (χ0n) is 19.4. The van der Waals surface area contributed by atoms with E-state index in [0.29, 0.717) is 18.5 Å². The molecule has 1 aliphatic rings. The SMILES string of the molecule is CCCC[C@@H](C(=O)OCC(=O)Nc1cccc2ccccc12)N1C(=O)c2c(Cl)c(Cl)c(Cl)c(Cl)c2C1=O. The molecular formula is C26H20Cl4N2O5. The Morgan fingerprint density at radius 1 is 0.892 bits per heavy atom. The van der Waals surface area contributed by atoms with E-state index < -0.39 is 36.3 Å². The van der Waals surface area contributed by atoms with Gasteiger partial charge in [-0.15, -0.1) is 0 Å². The lowest BCUT2D eigenvalue weighted by molar-refractivity contribution is -0.151. The van der Waals surface area contributed by atoms with E-state index in [4.69, 9.17) is 51.1 Å². The average molecular weight is 582 g/mol. The average Bonchev–Trinajstić information content (AvgIpc) is 3.15. The van der Waals surface area contributed by atoms with Gasteiger partial charge in [0.2, 0.25) is 0 Å². The summed E-state index contributed by atoms with van der Waals surface area (Å²) in [6.45, 7) is 1.27. The van der Waals surface area contributed by atoms with E-state index >= 15 is 0 Å². The number of unbranched alkanes of at least 4 members (excludes halogenated alkanes) is 1. The van der Waals surface area contributed by atoms with Gasteiger partial charge in [-0.2, -0.15) is 0 Å². The number of carbonyl (C=O) groups is 4. The number of nitrogens with zero attached hydrogens (tertiary/aromatic N) is 1. The first-order valence-corrected chi connectivity index (χ1v) is 12.9. The molecule has 3 aromatic carbocycles. The van der Waals surface area contributed by atoms with Crippen LogP contribution in [-0.2, 0) is 14.3 Å². The van der Waals surface area contributed by atoms with Crippen LogP contribution in [0.4, 0.5) is 5.69 Å². The van der Waals surface area contributed by atoms with E-state index in [1.807, 2.05) is 37.3 Å². The van der Waals surface area contributed by atoms with Gasteiger partial charge < -0.3 is 10.1 Å². The van der Waals surface area contributed by atoms with Crippen LogP contribution < -0.4 is 5.32 Å². The Morgan fingerprint density at radius 2 is 1.49 bits per heavy atom. The molecule has 4 rings (SSSR count). The first kappa shape index (κ1) is 27.2. The minimum atomic E-state index is -1.30. The molecule has 0 saturated carbocycles. The zero-order chi connectivity index (χ0) is 26.9.